The number of carboxylic acid groups (broad SMARTS) is 1. The fourth-order valence-electron chi connectivity index (χ4n) is 2.08. The predicted molar refractivity (Wildman–Crippen MR) is 75.3 cm³/mol. The Morgan fingerprint density at radius 1 is 1.50 bits per heavy atom. The molecule has 1 unspecified atom stereocenters. The summed E-state index contributed by atoms with van der Waals surface area (Å²) < 4.78 is 0. The lowest BCUT2D eigenvalue weighted by atomic mass is 10.2. The van der Waals surface area contributed by atoms with Gasteiger partial charge in [-0.15, -0.1) is 11.3 Å². The van der Waals surface area contributed by atoms with Crippen molar-refractivity contribution in [3.63, 3.8) is 0 Å². The summed E-state index contributed by atoms with van der Waals surface area (Å²) in [7, 11) is 4.09. The van der Waals surface area contributed by atoms with Crippen molar-refractivity contribution in [2.75, 3.05) is 40.3 Å². The second kappa shape index (κ2) is 6.29. The van der Waals surface area contributed by atoms with Gasteiger partial charge in [0, 0.05) is 37.6 Å². The molecule has 0 aliphatic carbocycles. The Kier molecular flexibility index (Phi) is 4.69. The topological polar surface area (TPSA) is 85.8 Å². The van der Waals surface area contributed by atoms with Gasteiger partial charge in [-0.25, -0.2) is 9.78 Å². The fraction of sp³-hybridized carbons (Fsp3) is 0.583. The molecule has 0 spiro atoms. The molecular weight excluding hydrogens is 280 g/mol. The average Bonchev–Trinajstić information content (AvgIpc) is 2.89. The van der Waals surface area contributed by atoms with Gasteiger partial charge in [-0.2, -0.15) is 0 Å². The van der Waals surface area contributed by atoms with E-state index in [0.29, 0.717) is 6.54 Å². The SMILES string of the molecule is CN1CCN(C)C(CNC(=O)c2nc(C(=O)O)cs2)C1. The largest absolute Gasteiger partial charge is 0.476 e. The molecular formula is C12H18N4O3S. The molecule has 1 atom stereocenters. The van der Waals surface area contributed by atoms with Gasteiger partial charge in [-0.05, 0) is 14.1 Å². The minimum atomic E-state index is -1.12. The number of thiazole rings is 1. The highest BCUT2D eigenvalue weighted by molar-refractivity contribution is 7.11. The summed E-state index contributed by atoms with van der Waals surface area (Å²) in [5.41, 5.74) is -0.0883. The van der Waals surface area contributed by atoms with Gasteiger partial charge in [-0.3, -0.25) is 9.69 Å². The van der Waals surface area contributed by atoms with Crippen molar-refractivity contribution in [3.05, 3.63) is 16.1 Å². The van der Waals surface area contributed by atoms with E-state index in [1.165, 1.54) is 5.38 Å². The lowest BCUT2D eigenvalue weighted by Gasteiger charge is -2.37. The lowest BCUT2D eigenvalue weighted by molar-refractivity contribution is 0.0691. The van der Waals surface area contributed by atoms with Crippen molar-refractivity contribution in [2.45, 2.75) is 6.04 Å². The quantitative estimate of drug-likeness (QED) is 0.802. The van der Waals surface area contributed by atoms with Crippen molar-refractivity contribution in [3.8, 4) is 0 Å². The van der Waals surface area contributed by atoms with Gasteiger partial charge in [0.15, 0.2) is 10.7 Å². The van der Waals surface area contributed by atoms with Gasteiger partial charge in [0.1, 0.15) is 0 Å². The Labute approximate surface area is 121 Å². The van der Waals surface area contributed by atoms with Gasteiger partial charge in [0.25, 0.3) is 5.91 Å². The summed E-state index contributed by atoms with van der Waals surface area (Å²) in [6.45, 7) is 3.42. The maximum Gasteiger partial charge on any atom is 0.355 e. The first-order valence-electron chi connectivity index (χ1n) is 6.33. The first kappa shape index (κ1) is 14.9. The lowest BCUT2D eigenvalue weighted by Crippen LogP contribution is -2.54. The number of carboxylic acids is 1. The zero-order valence-electron chi connectivity index (χ0n) is 11.5. The number of rotatable bonds is 4. The number of likely N-dealkylation sites (N-methyl/N-ethyl adjacent to an activating group) is 2. The summed E-state index contributed by atoms with van der Waals surface area (Å²) in [6.07, 6.45) is 0. The van der Waals surface area contributed by atoms with Crippen LogP contribution >= 0.6 is 11.3 Å². The Morgan fingerprint density at radius 3 is 2.90 bits per heavy atom. The fourth-order valence-corrected chi connectivity index (χ4v) is 2.79. The molecule has 2 N–H and O–H groups in total. The van der Waals surface area contributed by atoms with E-state index in [1.54, 1.807) is 0 Å². The molecule has 2 rings (SSSR count). The van der Waals surface area contributed by atoms with Crippen LogP contribution < -0.4 is 5.32 Å². The molecule has 1 amide bonds. The number of aromatic nitrogens is 1. The summed E-state index contributed by atoms with van der Waals surface area (Å²) >= 11 is 1.05. The van der Waals surface area contributed by atoms with Crippen molar-refractivity contribution in [1.29, 1.82) is 0 Å². The normalized spacial score (nSPS) is 20.8. The third-order valence-electron chi connectivity index (χ3n) is 3.40. The molecule has 7 nitrogen and oxygen atoms in total. The molecule has 1 fully saturated rings. The van der Waals surface area contributed by atoms with E-state index in [2.05, 4.69) is 27.1 Å². The molecule has 1 aromatic rings. The van der Waals surface area contributed by atoms with Crippen LogP contribution in [0.2, 0.25) is 0 Å². The number of nitrogens with zero attached hydrogens (tertiary/aromatic N) is 3. The van der Waals surface area contributed by atoms with Crippen LogP contribution in [0, 0.1) is 0 Å². The van der Waals surface area contributed by atoms with Crippen molar-refractivity contribution < 1.29 is 14.7 Å². The summed E-state index contributed by atoms with van der Waals surface area (Å²) in [5, 5.41) is 13.2. The second-order valence-corrected chi connectivity index (χ2v) is 5.81. The van der Waals surface area contributed by atoms with E-state index in [0.717, 1.165) is 31.0 Å². The van der Waals surface area contributed by atoms with E-state index in [1.807, 2.05) is 7.05 Å². The number of piperazine rings is 1. The Bertz CT molecular complexity index is 505. The van der Waals surface area contributed by atoms with Gasteiger partial charge < -0.3 is 15.3 Å². The number of amides is 1. The molecule has 0 bridgehead atoms. The van der Waals surface area contributed by atoms with E-state index in [4.69, 9.17) is 5.11 Å². The molecule has 1 aliphatic heterocycles. The van der Waals surface area contributed by atoms with Crippen LogP contribution in [-0.2, 0) is 0 Å². The van der Waals surface area contributed by atoms with Gasteiger partial charge >= 0.3 is 5.97 Å². The zero-order valence-corrected chi connectivity index (χ0v) is 12.3. The van der Waals surface area contributed by atoms with E-state index < -0.39 is 5.97 Å². The highest BCUT2D eigenvalue weighted by atomic mass is 32.1. The molecule has 110 valence electrons. The van der Waals surface area contributed by atoms with Crippen LogP contribution in [0.25, 0.3) is 0 Å². The number of nitrogens with one attached hydrogen (secondary N) is 1. The molecule has 0 radical (unpaired) electrons. The maximum atomic E-state index is 11.9. The van der Waals surface area contributed by atoms with Gasteiger partial charge in [0.05, 0.1) is 0 Å². The van der Waals surface area contributed by atoms with Gasteiger partial charge in [0.2, 0.25) is 0 Å². The van der Waals surface area contributed by atoms with Crippen molar-refractivity contribution in [1.82, 2.24) is 20.1 Å². The van der Waals surface area contributed by atoms with Crippen LogP contribution in [0.15, 0.2) is 5.38 Å². The van der Waals surface area contributed by atoms with Crippen LogP contribution in [0.1, 0.15) is 20.3 Å². The zero-order chi connectivity index (χ0) is 14.7. The summed E-state index contributed by atoms with van der Waals surface area (Å²) in [5.74, 6) is -1.43. The monoisotopic (exact) mass is 298 g/mol. The number of aromatic carboxylic acids is 1. The Morgan fingerprint density at radius 2 is 2.25 bits per heavy atom. The minimum Gasteiger partial charge on any atom is -0.476 e. The third-order valence-corrected chi connectivity index (χ3v) is 4.24. The average molecular weight is 298 g/mol. The number of carbonyl (C=O) groups is 2. The molecule has 0 saturated carbocycles. The van der Waals surface area contributed by atoms with Crippen molar-refractivity contribution in [2.24, 2.45) is 0 Å². The first-order chi connectivity index (χ1) is 9.47. The number of carbonyl (C=O) groups excluding carboxylic acids is 1. The molecule has 8 heteroatoms. The number of hydrogen-bond donors (Lipinski definition) is 2. The first-order valence-corrected chi connectivity index (χ1v) is 7.21. The Balaban J connectivity index is 1.89. The van der Waals surface area contributed by atoms with Crippen LogP contribution in [-0.4, -0.2) is 78.1 Å². The van der Waals surface area contributed by atoms with E-state index >= 15 is 0 Å². The molecule has 1 aliphatic rings. The summed E-state index contributed by atoms with van der Waals surface area (Å²) in [6, 6.07) is 0.261. The van der Waals surface area contributed by atoms with Crippen LogP contribution in [0.5, 0.6) is 0 Å². The van der Waals surface area contributed by atoms with E-state index in [-0.39, 0.29) is 22.7 Å². The standard InChI is InChI=1S/C12H18N4O3S/c1-15-3-4-16(2)8(6-15)5-13-10(17)11-14-9(7-20-11)12(18)19/h7-8H,3-6H2,1-2H3,(H,13,17)(H,18,19). The molecule has 1 aromatic heterocycles. The Hall–Kier alpha value is -1.51. The van der Waals surface area contributed by atoms with Gasteiger partial charge in [-0.1, -0.05) is 0 Å². The summed E-state index contributed by atoms with van der Waals surface area (Å²) in [4.78, 5) is 30.9. The smallest absolute Gasteiger partial charge is 0.355 e. The molecule has 20 heavy (non-hydrogen) atoms. The third kappa shape index (κ3) is 3.53. The maximum absolute atomic E-state index is 11.9. The molecule has 1 saturated heterocycles. The predicted octanol–water partition coefficient (Wildman–Crippen LogP) is -0.183. The van der Waals surface area contributed by atoms with Crippen LogP contribution in [0.3, 0.4) is 0 Å². The highest BCUT2D eigenvalue weighted by Gasteiger charge is 2.23. The number of hydrogen-bond acceptors (Lipinski definition) is 6. The van der Waals surface area contributed by atoms with Crippen molar-refractivity contribution >= 4 is 23.2 Å². The van der Waals surface area contributed by atoms with E-state index in [9.17, 15) is 9.59 Å². The highest BCUT2D eigenvalue weighted by Crippen LogP contribution is 2.10. The second-order valence-electron chi connectivity index (χ2n) is 4.95. The molecule has 2 heterocycles. The minimum absolute atomic E-state index is 0.0883. The molecule has 0 aromatic carbocycles. The van der Waals surface area contributed by atoms with Crippen LogP contribution in [0.4, 0.5) is 0 Å².